The van der Waals surface area contributed by atoms with Gasteiger partial charge in [-0.25, -0.2) is 4.39 Å². The Hall–Kier alpha value is -1.38. The van der Waals surface area contributed by atoms with Gasteiger partial charge in [0.15, 0.2) is 0 Å². The van der Waals surface area contributed by atoms with Gasteiger partial charge in [-0.2, -0.15) is 0 Å². The zero-order valence-corrected chi connectivity index (χ0v) is 20.5. The normalized spacial score (nSPS) is 26.1. The Balaban J connectivity index is 1.31. The molecular formula is C29H45FO2. The number of hydrogen-bond acceptors (Lipinski definition) is 2. The SMILES string of the molecule is CCCCC[C@H]1CC[C@H](C2CCC(CCC(=O)Oc3ccc(CCC)c(F)c3)CC2)CC1. The molecule has 1 aromatic rings. The Morgan fingerprint density at radius 1 is 0.875 bits per heavy atom. The highest BCUT2D eigenvalue weighted by Gasteiger charge is 2.30. The first-order valence-corrected chi connectivity index (χ1v) is 13.6. The zero-order valence-electron chi connectivity index (χ0n) is 20.5. The van der Waals surface area contributed by atoms with Crippen molar-refractivity contribution in [2.45, 2.75) is 117 Å². The van der Waals surface area contributed by atoms with Crippen molar-refractivity contribution < 1.29 is 13.9 Å². The first kappa shape index (κ1) is 25.2. The van der Waals surface area contributed by atoms with E-state index in [-0.39, 0.29) is 11.8 Å². The van der Waals surface area contributed by atoms with Gasteiger partial charge in [0.25, 0.3) is 0 Å². The fourth-order valence-electron chi connectivity index (χ4n) is 6.15. The lowest BCUT2D eigenvalue weighted by molar-refractivity contribution is -0.134. The van der Waals surface area contributed by atoms with Crippen molar-refractivity contribution in [3.8, 4) is 5.75 Å². The van der Waals surface area contributed by atoms with Crippen LogP contribution in [0.25, 0.3) is 0 Å². The highest BCUT2D eigenvalue weighted by atomic mass is 19.1. The maximum Gasteiger partial charge on any atom is 0.311 e. The third-order valence-electron chi connectivity index (χ3n) is 8.20. The molecule has 2 aliphatic rings. The number of esters is 1. The molecule has 3 heteroatoms. The second kappa shape index (κ2) is 13.4. The van der Waals surface area contributed by atoms with Crippen molar-refractivity contribution in [1.82, 2.24) is 0 Å². The minimum atomic E-state index is -0.273. The lowest BCUT2D eigenvalue weighted by atomic mass is 9.68. The van der Waals surface area contributed by atoms with Crippen molar-refractivity contribution in [2.24, 2.45) is 23.7 Å². The topological polar surface area (TPSA) is 26.3 Å². The fraction of sp³-hybridized carbons (Fsp3) is 0.759. The molecule has 2 saturated carbocycles. The van der Waals surface area contributed by atoms with Crippen LogP contribution in [0.1, 0.15) is 116 Å². The maximum atomic E-state index is 14.1. The summed E-state index contributed by atoms with van der Waals surface area (Å²) in [7, 11) is 0. The summed E-state index contributed by atoms with van der Waals surface area (Å²) in [4.78, 5) is 12.3. The number of carbonyl (C=O) groups is 1. The maximum absolute atomic E-state index is 14.1. The van der Waals surface area contributed by atoms with Gasteiger partial charge in [0.2, 0.25) is 0 Å². The van der Waals surface area contributed by atoms with Gasteiger partial charge in [-0.15, -0.1) is 0 Å². The standard InChI is InChI=1S/C29H45FO2/c1-3-5-6-8-22-9-14-24(15-10-22)25-16-11-23(12-17-25)13-20-29(31)32-27-19-18-26(7-4-2)28(30)21-27/h18-19,21-25H,3-17,20H2,1-2H3/t22-,23?,24-,25?. The summed E-state index contributed by atoms with van der Waals surface area (Å²) in [6.07, 6.45) is 19.6. The molecule has 180 valence electrons. The van der Waals surface area contributed by atoms with Gasteiger partial charge >= 0.3 is 5.97 Å². The van der Waals surface area contributed by atoms with Crippen LogP contribution in [0, 0.1) is 29.5 Å². The van der Waals surface area contributed by atoms with Gasteiger partial charge < -0.3 is 4.74 Å². The minimum absolute atomic E-state index is 0.226. The molecule has 0 N–H and O–H groups in total. The van der Waals surface area contributed by atoms with E-state index in [4.69, 9.17) is 4.74 Å². The number of unbranched alkanes of at least 4 members (excludes halogenated alkanes) is 2. The van der Waals surface area contributed by atoms with E-state index in [2.05, 4.69) is 6.92 Å². The summed E-state index contributed by atoms with van der Waals surface area (Å²) >= 11 is 0. The third kappa shape index (κ3) is 7.89. The molecule has 32 heavy (non-hydrogen) atoms. The van der Waals surface area contributed by atoms with Gasteiger partial charge in [-0.3, -0.25) is 4.79 Å². The predicted molar refractivity (Wildman–Crippen MR) is 130 cm³/mol. The Morgan fingerprint density at radius 2 is 1.50 bits per heavy atom. The number of halogens is 1. The first-order valence-electron chi connectivity index (χ1n) is 13.6. The molecule has 0 heterocycles. The lowest BCUT2D eigenvalue weighted by Crippen LogP contribution is -2.26. The van der Waals surface area contributed by atoms with Gasteiger partial charge in [-0.05, 0) is 73.8 Å². The van der Waals surface area contributed by atoms with Crippen molar-refractivity contribution >= 4 is 5.97 Å². The van der Waals surface area contributed by atoms with Crippen molar-refractivity contribution in [2.75, 3.05) is 0 Å². The molecule has 2 nitrogen and oxygen atoms in total. The summed E-state index contributed by atoms with van der Waals surface area (Å²) in [5, 5.41) is 0. The van der Waals surface area contributed by atoms with Gasteiger partial charge in [0, 0.05) is 12.5 Å². The number of ether oxygens (including phenoxy) is 1. The Bertz CT molecular complexity index is 684. The predicted octanol–water partition coefficient (Wildman–Crippen LogP) is 8.66. The summed E-state index contributed by atoms with van der Waals surface area (Å²) in [5.74, 6) is 3.35. The molecule has 0 radical (unpaired) electrons. The third-order valence-corrected chi connectivity index (χ3v) is 8.20. The summed E-state index contributed by atoms with van der Waals surface area (Å²) in [5.41, 5.74) is 0.689. The Morgan fingerprint density at radius 3 is 2.06 bits per heavy atom. The van der Waals surface area contributed by atoms with Crippen LogP contribution < -0.4 is 4.74 Å². The number of benzene rings is 1. The molecule has 0 saturated heterocycles. The minimum Gasteiger partial charge on any atom is -0.426 e. The summed E-state index contributed by atoms with van der Waals surface area (Å²) in [6, 6.07) is 4.81. The van der Waals surface area contributed by atoms with Crippen LogP contribution in [0.5, 0.6) is 5.75 Å². The van der Waals surface area contributed by atoms with E-state index in [9.17, 15) is 9.18 Å². The molecule has 2 fully saturated rings. The van der Waals surface area contributed by atoms with Crippen LogP contribution in [-0.2, 0) is 11.2 Å². The molecule has 0 aliphatic heterocycles. The second-order valence-electron chi connectivity index (χ2n) is 10.6. The summed E-state index contributed by atoms with van der Waals surface area (Å²) in [6.45, 7) is 4.32. The molecule has 3 rings (SSSR count). The van der Waals surface area contributed by atoms with Crippen LogP contribution in [0.3, 0.4) is 0 Å². The molecule has 0 amide bonds. The average Bonchev–Trinajstić information content (AvgIpc) is 2.81. The zero-order chi connectivity index (χ0) is 22.8. The lowest BCUT2D eigenvalue weighted by Gasteiger charge is -2.38. The second-order valence-corrected chi connectivity index (χ2v) is 10.6. The largest absolute Gasteiger partial charge is 0.426 e. The fourth-order valence-corrected chi connectivity index (χ4v) is 6.15. The van der Waals surface area contributed by atoms with Crippen molar-refractivity contribution in [3.05, 3.63) is 29.6 Å². The van der Waals surface area contributed by atoms with Crippen molar-refractivity contribution in [3.63, 3.8) is 0 Å². The molecule has 0 spiro atoms. The molecule has 2 aliphatic carbocycles. The van der Waals surface area contributed by atoms with E-state index < -0.39 is 0 Å². The Labute approximate surface area is 195 Å². The van der Waals surface area contributed by atoms with E-state index in [1.54, 1.807) is 12.1 Å². The van der Waals surface area contributed by atoms with Crippen LogP contribution in [0.2, 0.25) is 0 Å². The molecular weight excluding hydrogens is 399 g/mol. The van der Waals surface area contributed by atoms with Crippen LogP contribution in [-0.4, -0.2) is 5.97 Å². The number of carbonyl (C=O) groups excluding carboxylic acids is 1. The van der Waals surface area contributed by atoms with E-state index >= 15 is 0 Å². The molecule has 0 bridgehead atoms. The highest BCUT2D eigenvalue weighted by molar-refractivity contribution is 5.72. The Kier molecular flexibility index (Phi) is 10.5. The highest BCUT2D eigenvalue weighted by Crippen LogP contribution is 2.43. The van der Waals surface area contributed by atoms with Gasteiger partial charge in [-0.1, -0.05) is 77.7 Å². The van der Waals surface area contributed by atoms with Gasteiger partial charge in [0.1, 0.15) is 11.6 Å². The first-order chi connectivity index (χ1) is 15.6. The molecule has 1 aromatic carbocycles. The molecule has 0 unspecified atom stereocenters. The van der Waals surface area contributed by atoms with E-state index in [0.717, 1.165) is 30.6 Å². The van der Waals surface area contributed by atoms with Crippen LogP contribution in [0.4, 0.5) is 4.39 Å². The molecule has 0 aromatic heterocycles. The number of aryl methyl sites for hydroxylation is 1. The van der Waals surface area contributed by atoms with E-state index in [1.807, 2.05) is 6.92 Å². The number of rotatable bonds is 11. The van der Waals surface area contributed by atoms with Crippen LogP contribution in [0.15, 0.2) is 18.2 Å². The van der Waals surface area contributed by atoms with Crippen molar-refractivity contribution in [1.29, 1.82) is 0 Å². The van der Waals surface area contributed by atoms with Crippen LogP contribution >= 0.6 is 0 Å². The monoisotopic (exact) mass is 444 g/mol. The van der Waals surface area contributed by atoms with E-state index in [0.29, 0.717) is 30.1 Å². The average molecular weight is 445 g/mol. The summed E-state index contributed by atoms with van der Waals surface area (Å²) < 4.78 is 19.5. The van der Waals surface area contributed by atoms with Gasteiger partial charge in [0.05, 0.1) is 0 Å². The van der Waals surface area contributed by atoms with E-state index in [1.165, 1.54) is 83.1 Å². The smallest absolute Gasteiger partial charge is 0.311 e. The quantitative estimate of drug-likeness (QED) is 0.194. The number of hydrogen-bond donors (Lipinski definition) is 0. The molecule has 0 atom stereocenters.